The highest BCUT2D eigenvalue weighted by Crippen LogP contribution is 2.24. The minimum Gasteiger partial charge on any atom is -0.359 e. The quantitative estimate of drug-likeness (QED) is 0.840. The first-order valence-electron chi connectivity index (χ1n) is 6.79. The van der Waals surface area contributed by atoms with E-state index in [9.17, 15) is 8.42 Å². The molecule has 3 rings (SSSR count). The van der Waals surface area contributed by atoms with Gasteiger partial charge >= 0.3 is 0 Å². The topological polar surface area (TPSA) is 114 Å². The number of thiazole rings is 1. The fraction of sp³-hybridized carbons (Fsp3) is 0.417. The second-order valence-electron chi connectivity index (χ2n) is 4.98. The SMILES string of the molecule is NS(=O)(=O)c1cnc(NC2CCN(c3ncccn3)CC2)s1. The number of anilines is 2. The summed E-state index contributed by atoms with van der Waals surface area (Å²) in [4.78, 5) is 14.7. The summed E-state index contributed by atoms with van der Waals surface area (Å²) in [5.74, 6) is 0.742. The number of hydrogen-bond acceptors (Lipinski definition) is 8. The number of hydrogen-bond donors (Lipinski definition) is 2. The van der Waals surface area contributed by atoms with Crippen LogP contribution in [0.1, 0.15) is 12.8 Å². The van der Waals surface area contributed by atoms with Gasteiger partial charge in [0.15, 0.2) is 9.34 Å². The van der Waals surface area contributed by atoms with Gasteiger partial charge < -0.3 is 10.2 Å². The second-order valence-corrected chi connectivity index (χ2v) is 7.80. The van der Waals surface area contributed by atoms with E-state index in [0.29, 0.717) is 5.13 Å². The van der Waals surface area contributed by atoms with E-state index in [1.807, 2.05) is 0 Å². The van der Waals surface area contributed by atoms with E-state index in [4.69, 9.17) is 5.14 Å². The molecule has 8 nitrogen and oxygen atoms in total. The zero-order valence-corrected chi connectivity index (χ0v) is 13.3. The molecule has 0 radical (unpaired) electrons. The summed E-state index contributed by atoms with van der Waals surface area (Å²) in [6.45, 7) is 1.68. The predicted molar refractivity (Wildman–Crippen MR) is 84.4 cm³/mol. The number of primary sulfonamides is 1. The summed E-state index contributed by atoms with van der Waals surface area (Å²) in [5.41, 5.74) is 0. The third kappa shape index (κ3) is 3.51. The van der Waals surface area contributed by atoms with Gasteiger partial charge in [-0.2, -0.15) is 0 Å². The zero-order valence-electron chi connectivity index (χ0n) is 11.7. The molecular formula is C12H16N6O2S2. The standard InChI is InChI=1S/C12H16N6O2S2/c13-22(19,20)10-8-16-12(21-10)17-9-2-6-18(7-3-9)11-14-4-1-5-15-11/h1,4-5,8-9H,2-3,6-7H2,(H,16,17)(H2,13,19,20). The van der Waals surface area contributed by atoms with Crippen LogP contribution in [-0.2, 0) is 10.0 Å². The normalized spacial score (nSPS) is 16.7. The van der Waals surface area contributed by atoms with Crippen LogP contribution in [-0.4, -0.2) is 42.5 Å². The van der Waals surface area contributed by atoms with Gasteiger partial charge in [0, 0.05) is 31.5 Å². The third-order valence-electron chi connectivity index (χ3n) is 3.42. The van der Waals surface area contributed by atoms with Gasteiger partial charge in [-0.3, -0.25) is 0 Å². The molecule has 1 aliphatic heterocycles. The smallest absolute Gasteiger partial charge is 0.249 e. The van der Waals surface area contributed by atoms with Crippen molar-refractivity contribution in [3.05, 3.63) is 24.7 Å². The number of aromatic nitrogens is 3. The fourth-order valence-corrected chi connectivity index (χ4v) is 3.84. The molecule has 0 bridgehead atoms. The average Bonchev–Trinajstić information content (AvgIpc) is 2.98. The first-order chi connectivity index (χ1) is 10.5. The largest absolute Gasteiger partial charge is 0.359 e. The summed E-state index contributed by atoms with van der Waals surface area (Å²) in [6, 6.07) is 2.04. The summed E-state index contributed by atoms with van der Waals surface area (Å²) < 4.78 is 22.6. The number of nitrogens with zero attached hydrogens (tertiary/aromatic N) is 4. The van der Waals surface area contributed by atoms with Crippen molar-refractivity contribution in [2.24, 2.45) is 5.14 Å². The Kier molecular flexibility index (Phi) is 4.23. The van der Waals surface area contributed by atoms with Crippen LogP contribution < -0.4 is 15.4 Å². The second kappa shape index (κ2) is 6.15. The molecule has 3 heterocycles. The lowest BCUT2D eigenvalue weighted by Crippen LogP contribution is -2.39. The van der Waals surface area contributed by atoms with Crippen LogP contribution in [0, 0.1) is 0 Å². The van der Waals surface area contributed by atoms with Crippen molar-refractivity contribution in [1.29, 1.82) is 0 Å². The van der Waals surface area contributed by atoms with Crippen LogP contribution in [0.4, 0.5) is 11.1 Å². The molecule has 0 saturated carbocycles. The molecule has 2 aromatic rings. The van der Waals surface area contributed by atoms with Crippen molar-refractivity contribution in [3.63, 3.8) is 0 Å². The van der Waals surface area contributed by atoms with E-state index < -0.39 is 10.0 Å². The van der Waals surface area contributed by atoms with Crippen LogP contribution in [0.15, 0.2) is 28.9 Å². The number of piperidine rings is 1. The molecule has 22 heavy (non-hydrogen) atoms. The van der Waals surface area contributed by atoms with E-state index in [1.54, 1.807) is 18.5 Å². The van der Waals surface area contributed by atoms with Gasteiger partial charge in [-0.25, -0.2) is 28.5 Å². The molecule has 3 N–H and O–H groups in total. The van der Waals surface area contributed by atoms with E-state index in [0.717, 1.165) is 43.2 Å². The Morgan fingerprint density at radius 3 is 2.50 bits per heavy atom. The van der Waals surface area contributed by atoms with Crippen LogP contribution in [0.5, 0.6) is 0 Å². The van der Waals surface area contributed by atoms with Gasteiger partial charge in [0.25, 0.3) is 0 Å². The molecule has 0 aromatic carbocycles. The highest BCUT2D eigenvalue weighted by molar-refractivity contribution is 7.91. The Balaban J connectivity index is 1.57. The molecule has 1 fully saturated rings. The molecule has 1 saturated heterocycles. The number of nitrogens with two attached hydrogens (primary N) is 1. The first-order valence-corrected chi connectivity index (χ1v) is 9.16. The number of sulfonamides is 1. The van der Waals surface area contributed by atoms with Gasteiger partial charge in [-0.15, -0.1) is 0 Å². The van der Waals surface area contributed by atoms with Crippen molar-refractivity contribution in [2.75, 3.05) is 23.3 Å². The molecule has 10 heteroatoms. The van der Waals surface area contributed by atoms with Crippen LogP contribution in [0.25, 0.3) is 0 Å². The maximum absolute atomic E-state index is 11.2. The first kappa shape index (κ1) is 15.1. The Morgan fingerprint density at radius 1 is 1.23 bits per heavy atom. The highest BCUT2D eigenvalue weighted by atomic mass is 32.2. The molecule has 0 aliphatic carbocycles. The zero-order chi connectivity index (χ0) is 15.6. The van der Waals surface area contributed by atoms with Crippen LogP contribution >= 0.6 is 11.3 Å². The average molecular weight is 340 g/mol. The van der Waals surface area contributed by atoms with Gasteiger partial charge in [0.2, 0.25) is 16.0 Å². The highest BCUT2D eigenvalue weighted by Gasteiger charge is 2.22. The monoisotopic (exact) mass is 340 g/mol. The molecular weight excluding hydrogens is 324 g/mol. The Morgan fingerprint density at radius 2 is 1.91 bits per heavy atom. The number of nitrogens with one attached hydrogen (secondary N) is 1. The Bertz CT molecular complexity index is 725. The predicted octanol–water partition coefficient (Wildman–Crippen LogP) is 0.661. The van der Waals surface area contributed by atoms with Crippen molar-refractivity contribution >= 4 is 32.4 Å². The molecule has 0 atom stereocenters. The summed E-state index contributed by atoms with van der Waals surface area (Å²) in [5, 5.41) is 8.93. The van der Waals surface area contributed by atoms with E-state index in [-0.39, 0.29) is 10.3 Å². The molecule has 0 spiro atoms. The van der Waals surface area contributed by atoms with Crippen molar-refractivity contribution in [3.8, 4) is 0 Å². The summed E-state index contributed by atoms with van der Waals surface area (Å²) in [7, 11) is -3.68. The lowest BCUT2D eigenvalue weighted by atomic mass is 10.1. The maximum Gasteiger partial charge on any atom is 0.249 e. The fourth-order valence-electron chi connectivity index (χ4n) is 2.31. The minimum atomic E-state index is -3.68. The molecule has 118 valence electrons. The Hall–Kier alpha value is -1.78. The lowest BCUT2D eigenvalue weighted by Gasteiger charge is -2.32. The molecule has 1 aliphatic rings. The number of rotatable bonds is 4. The minimum absolute atomic E-state index is 0.0742. The summed E-state index contributed by atoms with van der Waals surface area (Å²) >= 11 is 1.06. The van der Waals surface area contributed by atoms with Gasteiger partial charge in [0.05, 0.1) is 6.20 Å². The van der Waals surface area contributed by atoms with Gasteiger partial charge in [0.1, 0.15) is 0 Å². The molecule has 2 aromatic heterocycles. The van der Waals surface area contributed by atoms with Crippen molar-refractivity contribution in [2.45, 2.75) is 23.1 Å². The van der Waals surface area contributed by atoms with Gasteiger partial charge in [-0.05, 0) is 18.9 Å². The maximum atomic E-state index is 11.2. The molecule has 0 amide bonds. The van der Waals surface area contributed by atoms with Crippen LogP contribution in [0.2, 0.25) is 0 Å². The van der Waals surface area contributed by atoms with Gasteiger partial charge in [-0.1, -0.05) is 11.3 Å². The van der Waals surface area contributed by atoms with Crippen molar-refractivity contribution < 1.29 is 8.42 Å². The third-order valence-corrected chi connectivity index (χ3v) is 5.76. The van der Waals surface area contributed by atoms with E-state index >= 15 is 0 Å². The van der Waals surface area contributed by atoms with Crippen LogP contribution in [0.3, 0.4) is 0 Å². The van der Waals surface area contributed by atoms with E-state index in [2.05, 4.69) is 25.2 Å². The lowest BCUT2D eigenvalue weighted by molar-refractivity contribution is 0.519. The van der Waals surface area contributed by atoms with Crippen molar-refractivity contribution in [1.82, 2.24) is 15.0 Å². The van der Waals surface area contributed by atoms with E-state index in [1.165, 1.54) is 6.20 Å². The Labute approximate surface area is 132 Å². The molecule has 0 unspecified atom stereocenters. The summed E-state index contributed by atoms with van der Waals surface area (Å²) in [6.07, 6.45) is 6.56.